The number of hydrogen-bond donors (Lipinski definition) is 0. The second-order valence-corrected chi connectivity index (χ2v) is 3.02. The normalized spacial score (nSPS) is 11.3. The van der Waals surface area contributed by atoms with Crippen molar-refractivity contribution < 1.29 is 13.9 Å². The van der Waals surface area contributed by atoms with E-state index in [2.05, 4.69) is 15.9 Å². The largest absolute Gasteiger partial charge is 0.497 e. The van der Waals surface area contributed by atoms with Gasteiger partial charge in [0.1, 0.15) is 17.3 Å². The molecule has 0 fully saturated rings. The third-order valence-electron chi connectivity index (χ3n) is 1.72. The summed E-state index contributed by atoms with van der Waals surface area (Å²) in [6.07, 6.45) is 0. The molecule has 1 aromatic rings. The molecule has 1 rings (SSSR count). The molecule has 0 aliphatic rings. The van der Waals surface area contributed by atoms with Crippen LogP contribution in [0.4, 0.5) is 4.39 Å². The van der Waals surface area contributed by atoms with Gasteiger partial charge in [0.25, 0.3) is 0 Å². The Kier molecular flexibility index (Phi) is 3.95. The molecule has 4 heteroatoms. The number of ether oxygens (including phenoxy) is 2. The Hall–Kier alpha value is -1.03. The third-order valence-corrected chi connectivity index (χ3v) is 2.12. The van der Waals surface area contributed by atoms with Crippen LogP contribution in [0.15, 0.2) is 23.2 Å². The molecule has 0 aliphatic heterocycles. The summed E-state index contributed by atoms with van der Waals surface area (Å²) in [6, 6.07) is 4.87. The van der Waals surface area contributed by atoms with E-state index in [1.54, 1.807) is 18.2 Å². The maximum absolute atomic E-state index is 13.2. The standard InChI is InChI=1S/C10H10BrFO2/c1-13-8-3-7(10(12)6-11)4-9(5-8)14-2/h3-6H,1-2H3/b10-6-. The second kappa shape index (κ2) is 5.00. The fourth-order valence-electron chi connectivity index (χ4n) is 1.01. The van der Waals surface area contributed by atoms with Crippen molar-refractivity contribution in [3.05, 3.63) is 28.7 Å². The van der Waals surface area contributed by atoms with Crippen LogP contribution < -0.4 is 9.47 Å². The molecule has 14 heavy (non-hydrogen) atoms. The number of benzene rings is 1. The highest BCUT2D eigenvalue weighted by atomic mass is 79.9. The van der Waals surface area contributed by atoms with Gasteiger partial charge in [-0.2, -0.15) is 0 Å². The van der Waals surface area contributed by atoms with E-state index in [9.17, 15) is 4.39 Å². The number of halogens is 2. The minimum atomic E-state index is -0.373. The zero-order valence-electron chi connectivity index (χ0n) is 7.88. The molecule has 0 saturated carbocycles. The van der Waals surface area contributed by atoms with Crippen LogP contribution in [-0.2, 0) is 0 Å². The predicted octanol–water partition coefficient (Wildman–Crippen LogP) is 3.37. The lowest BCUT2D eigenvalue weighted by Crippen LogP contribution is -1.89. The van der Waals surface area contributed by atoms with Gasteiger partial charge in [-0.1, -0.05) is 15.9 Å². The van der Waals surface area contributed by atoms with E-state index in [-0.39, 0.29) is 5.83 Å². The van der Waals surface area contributed by atoms with Crippen molar-refractivity contribution in [3.63, 3.8) is 0 Å². The zero-order valence-corrected chi connectivity index (χ0v) is 9.47. The Balaban J connectivity index is 3.17. The van der Waals surface area contributed by atoms with E-state index < -0.39 is 0 Å². The second-order valence-electron chi connectivity index (χ2n) is 2.56. The van der Waals surface area contributed by atoms with Crippen molar-refractivity contribution >= 4 is 21.8 Å². The summed E-state index contributed by atoms with van der Waals surface area (Å²) >= 11 is 2.93. The first kappa shape index (κ1) is 11.0. The van der Waals surface area contributed by atoms with Crippen LogP contribution in [-0.4, -0.2) is 14.2 Å². The minimum absolute atomic E-state index is 0.373. The lowest BCUT2D eigenvalue weighted by molar-refractivity contribution is 0.394. The SMILES string of the molecule is COc1cc(OC)cc(/C(F)=C/Br)c1. The third kappa shape index (κ3) is 2.48. The fraction of sp³-hybridized carbons (Fsp3) is 0.200. The van der Waals surface area contributed by atoms with Crippen molar-refractivity contribution in [1.82, 2.24) is 0 Å². The van der Waals surface area contributed by atoms with Crippen LogP contribution in [0.1, 0.15) is 5.56 Å². The summed E-state index contributed by atoms with van der Waals surface area (Å²) in [5, 5.41) is 0. The van der Waals surface area contributed by atoms with E-state index >= 15 is 0 Å². The van der Waals surface area contributed by atoms with Crippen molar-refractivity contribution in [2.45, 2.75) is 0 Å². The van der Waals surface area contributed by atoms with Crippen LogP contribution in [0.5, 0.6) is 11.5 Å². The maximum atomic E-state index is 13.2. The van der Waals surface area contributed by atoms with Crippen molar-refractivity contribution in [2.24, 2.45) is 0 Å². The van der Waals surface area contributed by atoms with Gasteiger partial charge in [0.15, 0.2) is 0 Å². The lowest BCUT2D eigenvalue weighted by atomic mass is 10.2. The highest BCUT2D eigenvalue weighted by Crippen LogP contribution is 2.28. The summed E-state index contributed by atoms with van der Waals surface area (Å²) in [7, 11) is 3.04. The van der Waals surface area contributed by atoms with Gasteiger partial charge in [-0.25, -0.2) is 4.39 Å². The topological polar surface area (TPSA) is 18.5 Å². The molecule has 0 amide bonds. The fourth-order valence-corrected chi connectivity index (χ4v) is 1.27. The van der Waals surface area contributed by atoms with E-state index in [1.165, 1.54) is 19.2 Å². The van der Waals surface area contributed by atoms with Gasteiger partial charge < -0.3 is 9.47 Å². The van der Waals surface area contributed by atoms with Gasteiger partial charge in [-0.15, -0.1) is 0 Å². The quantitative estimate of drug-likeness (QED) is 0.830. The Morgan fingerprint density at radius 3 is 2.07 bits per heavy atom. The monoisotopic (exact) mass is 260 g/mol. The molecule has 0 aliphatic carbocycles. The van der Waals surface area contributed by atoms with Gasteiger partial charge in [0.2, 0.25) is 0 Å². The van der Waals surface area contributed by atoms with Crippen LogP contribution in [0.3, 0.4) is 0 Å². The lowest BCUT2D eigenvalue weighted by Gasteiger charge is -2.06. The summed E-state index contributed by atoms with van der Waals surface area (Å²) < 4.78 is 23.2. The number of hydrogen-bond acceptors (Lipinski definition) is 2. The molecule has 1 aromatic carbocycles. The highest BCUT2D eigenvalue weighted by molar-refractivity contribution is 9.11. The van der Waals surface area contributed by atoms with Gasteiger partial charge in [0, 0.05) is 16.6 Å². The molecule has 2 nitrogen and oxygen atoms in total. The number of methoxy groups -OCH3 is 2. The van der Waals surface area contributed by atoms with Crippen molar-refractivity contribution in [1.29, 1.82) is 0 Å². The van der Waals surface area contributed by atoms with Gasteiger partial charge >= 0.3 is 0 Å². The molecule has 0 atom stereocenters. The summed E-state index contributed by atoms with van der Waals surface area (Å²) in [5.74, 6) is 0.745. The van der Waals surface area contributed by atoms with Crippen LogP contribution in [0, 0.1) is 0 Å². The molecule has 0 aromatic heterocycles. The number of rotatable bonds is 3. The molecular formula is C10H10BrFO2. The molecule has 0 unspecified atom stereocenters. The summed E-state index contributed by atoms with van der Waals surface area (Å²) in [5.41, 5.74) is 0.415. The van der Waals surface area contributed by atoms with Gasteiger partial charge in [-0.05, 0) is 12.1 Å². The molecule has 0 radical (unpaired) electrons. The first-order valence-electron chi connectivity index (χ1n) is 3.90. The van der Waals surface area contributed by atoms with Crippen LogP contribution >= 0.6 is 15.9 Å². The maximum Gasteiger partial charge on any atom is 0.137 e. The molecular weight excluding hydrogens is 251 g/mol. The van der Waals surface area contributed by atoms with Crippen molar-refractivity contribution in [2.75, 3.05) is 14.2 Å². The Labute approximate surface area is 90.5 Å². The average molecular weight is 261 g/mol. The Bertz CT molecular complexity index is 328. The average Bonchev–Trinajstić information content (AvgIpc) is 2.27. The predicted molar refractivity (Wildman–Crippen MR) is 57.6 cm³/mol. The Morgan fingerprint density at radius 2 is 1.71 bits per heavy atom. The first-order valence-corrected chi connectivity index (χ1v) is 4.82. The molecule has 0 bridgehead atoms. The Morgan fingerprint density at radius 1 is 1.21 bits per heavy atom. The van der Waals surface area contributed by atoms with E-state index in [4.69, 9.17) is 9.47 Å². The van der Waals surface area contributed by atoms with Crippen LogP contribution in [0.2, 0.25) is 0 Å². The van der Waals surface area contributed by atoms with Crippen LogP contribution in [0.25, 0.3) is 5.83 Å². The van der Waals surface area contributed by atoms with Gasteiger partial charge in [0.05, 0.1) is 14.2 Å². The van der Waals surface area contributed by atoms with Gasteiger partial charge in [-0.3, -0.25) is 0 Å². The first-order chi connectivity index (χ1) is 6.71. The summed E-state index contributed by atoms with van der Waals surface area (Å²) in [4.78, 5) is 1.21. The van der Waals surface area contributed by atoms with E-state index in [1.807, 2.05) is 0 Å². The molecule has 0 saturated heterocycles. The molecule has 76 valence electrons. The smallest absolute Gasteiger partial charge is 0.137 e. The van der Waals surface area contributed by atoms with Crippen molar-refractivity contribution in [3.8, 4) is 11.5 Å². The van der Waals surface area contributed by atoms with E-state index in [0.29, 0.717) is 17.1 Å². The minimum Gasteiger partial charge on any atom is -0.497 e. The highest BCUT2D eigenvalue weighted by Gasteiger charge is 2.05. The zero-order chi connectivity index (χ0) is 10.6. The summed E-state index contributed by atoms with van der Waals surface area (Å²) in [6.45, 7) is 0. The molecule has 0 heterocycles. The molecule has 0 N–H and O–H groups in total. The molecule has 0 spiro atoms. The van der Waals surface area contributed by atoms with E-state index in [0.717, 1.165) is 0 Å².